The molecule has 0 spiro atoms. The van der Waals surface area contributed by atoms with Crippen LogP contribution in [-0.2, 0) is 0 Å². The van der Waals surface area contributed by atoms with Gasteiger partial charge >= 0.3 is 0 Å². The minimum atomic E-state index is 0.404. The highest BCUT2D eigenvalue weighted by Gasteiger charge is 2.32. The van der Waals surface area contributed by atoms with Gasteiger partial charge in [0, 0.05) is 10.8 Å². The Bertz CT molecular complexity index is 407. The Morgan fingerprint density at radius 2 is 2.05 bits per heavy atom. The van der Waals surface area contributed by atoms with Crippen LogP contribution in [0.25, 0.3) is 0 Å². The van der Waals surface area contributed by atoms with Gasteiger partial charge in [-0.15, -0.1) is 11.8 Å². The molecule has 1 aromatic carbocycles. The topological polar surface area (TPSA) is 21.3 Å². The van der Waals surface area contributed by atoms with Gasteiger partial charge in [-0.05, 0) is 18.5 Å². The molecular formula is C16H25NOS. The molecule has 1 aliphatic rings. The standard InChI is InChI=1S/C16H25NOS/c1-5-17-16-13-8-6-7-9-14(13)18-10-15(16)19-12(4)11(2)3/h6-9,11-12,15-17H,5,10H2,1-4H3. The van der Waals surface area contributed by atoms with Gasteiger partial charge in [-0.1, -0.05) is 45.9 Å². The first-order valence-electron chi connectivity index (χ1n) is 7.24. The molecule has 1 heterocycles. The van der Waals surface area contributed by atoms with Crippen LogP contribution in [0.4, 0.5) is 0 Å². The fourth-order valence-corrected chi connectivity index (χ4v) is 3.76. The van der Waals surface area contributed by atoms with Crippen molar-refractivity contribution in [2.45, 2.75) is 44.2 Å². The van der Waals surface area contributed by atoms with Gasteiger partial charge in [0.05, 0.1) is 11.3 Å². The van der Waals surface area contributed by atoms with E-state index in [1.54, 1.807) is 0 Å². The summed E-state index contributed by atoms with van der Waals surface area (Å²) in [6.45, 7) is 10.9. The molecule has 1 aliphatic heterocycles. The van der Waals surface area contributed by atoms with Gasteiger partial charge in [0.25, 0.3) is 0 Å². The van der Waals surface area contributed by atoms with Crippen LogP contribution in [0.1, 0.15) is 39.3 Å². The van der Waals surface area contributed by atoms with Crippen molar-refractivity contribution in [1.82, 2.24) is 5.32 Å². The third kappa shape index (κ3) is 3.46. The molecule has 2 rings (SSSR count). The van der Waals surface area contributed by atoms with E-state index in [0.717, 1.165) is 18.9 Å². The van der Waals surface area contributed by atoms with Crippen molar-refractivity contribution in [3.05, 3.63) is 29.8 Å². The number of nitrogens with one attached hydrogen (secondary N) is 1. The van der Waals surface area contributed by atoms with E-state index in [4.69, 9.17) is 4.74 Å². The Hall–Kier alpha value is -0.670. The normalized spacial score (nSPS) is 23.8. The predicted octanol–water partition coefficient (Wildman–Crippen LogP) is 3.88. The Balaban J connectivity index is 2.17. The molecule has 0 saturated carbocycles. The average molecular weight is 279 g/mol. The van der Waals surface area contributed by atoms with E-state index in [-0.39, 0.29) is 0 Å². The van der Waals surface area contributed by atoms with Crippen LogP contribution in [0.3, 0.4) is 0 Å². The minimum absolute atomic E-state index is 0.404. The molecule has 0 aliphatic carbocycles. The summed E-state index contributed by atoms with van der Waals surface area (Å²) in [7, 11) is 0. The zero-order valence-electron chi connectivity index (χ0n) is 12.3. The smallest absolute Gasteiger partial charge is 0.124 e. The van der Waals surface area contributed by atoms with Crippen LogP contribution in [0.5, 0.6) is 5.75 Å². The highest BCUT2D eigenvalue weighted by molar-refractivity contribution is 8.00. The van der Waals surface area contributed by atoms with Crippen LogP contribution < -0.4 is 10.1 Å². The lowest BCUT2D eigenvalue weighted by Crippen LogP contribution is -2.38. The molecular weight excluding hydrogens is 254 g/mol. The van der Waals surface area contributed by atoms with Gasteiger partial charge in [0.15, 0.2) is 0 Å². The Morgan fingerprint density at radius 3 is 2.74 bits per heavy atom. The third-order valence-corrected chi connectivity index (χ3v) is 5.51. The predicted molar refractivity (Wildman–Crippen MR) is 84.0 cm³/mol. The van der Waals surface area contributed by atoms with Crippen molar-refractivity contribution in [1.29, 1.82) is 0 Å². The summed E-state index contributed by atoms with van der Waals surface area (Å²) in [6.07, 6.45) is 0. The molecule has 106 valence electrons. The second kappa shape index (κ2) is 6.67. The van der Waals surface area contributed by atoms with Gasteiger partial charge in [0.2, 0.25) is 0 Å². The van der Waals surface area contributed by atoms with Gasteiger partial charge in [0.1, 0.15) is 12.4 Å². The maximum absolute atomic E-state index is 5.93. The lowest BCUT2D eigenvalue weighted by Gasteiger charge is -2.35. The number of fused-ring (bicyclic) bond motifs is 1. The summed E-state index contributed by atoms with van der Waals surface area (Å²) in [6, 6.07) is 8.82. The summed E-state index contributed by atoms with van der Waals surface area (Å²) in [5.74, 6) is 1.74. The highest BCUT2D eigenvalue weighted by atomic mass is 32.2. The van der Waals surface area contributed by atoms with E-state index in [0.29, 0.717) is 22.5 Å². The highest BCUT2D eigenvalue weighted by Crippen LogP contribution is 2.39. The molecule has 0 bridgehead atoms. The molecule has 0 radical (unpaired) electrons. The lowest BCUT2D eigenvalue weighted by atomic mass is 10.0. The zero-order chi connectivity index (χ0) is 13.8. The molecule has 1 N–H and O–H groups in total. The van der Waals surface area contributed by atoms with Gasteiger partial charge < -0.3 is 10.1 Å². The van der Waals surface area contributed by atoms with Crippen LogP contribution in [-0.4, -0.2) is 23.7 Å². The lowest BCUT2D eigenvalue weighted by molar-refractivity contribution is 0.261. The average Bonchev–Trinajstić information content (AvgIpc) is 2.41. The summed E-state index contributed by atoms with van der Waals surface area (Å²) >= 11 is 2.05. The Kier molecular flexibility index (Phi) is 5.17. The van der Waals surface area contributed by atoms with E-state index >= 15 is 0 Å². The zero-order valence-corrected chi connectivity index (χ0v) is 13.2. The maximum atomic E-state index is 5.93. The Morgan fingerprint density at radius 1 is 1.32 bits per heavy atom. The molecule has 0 aromatic heterocycles. The van der Waals surface area contributed by atoms with E-state index in [2.05, 4.69) is 63.0 Å². The molecule has 19 heavy (non-hydrogen) atoms. The summed E-state index contributed by atoms with van der Waals surface area (Å²) < 4.78 is 5.93. The van der Waals surface area contributed by atoms with Gasteiger partial charge in [-0.3, -0.25) is 0 Å². The van der Waals surface area contributed by atoms with Gasteiger partial charge in [-0.25, -0.2) is 0 Å². The van der Waals surface area contributed by atoms with Crippen molar-refractivity contribution in [3.8, 4) is 5.75 Å². The number of hydrogen-bond acceptors (Lipinski definition) is 3. The number of ether oxygens (including phenoxy) is 1. The molecule has 3 unspecified atom stereocenters. The van der Waals surface area contributed by atoms with E-state index in [9.17, 15) is 0 Å². The maximum Gasteiger partial charge on any atom is 0.124 e. The third-order valence-electron chi connectivity index (χ3n) is 3.78. The number of para-hydroxylation sites is 1. The largest absolute Gasteiger partial charge is 0.492 e. The number of hydrogen-bond donors (Lipinski definition) is 1. The molecule has 3 atom stereocenters. The second-order valence-corrected chi connectivity index (χ2v) is 7.13. The van der Waals surface area contributed by atoms with Crippen molar-refractivity contribution in [2.24, 2.45) is 5.92 Å². The summed E-state index contributed by atoms with van der Waals surface area (Å²) in [5, 5.41) is 4.78. The molecule has 3 heteroatoms. The van der Waals surface area contributed by atoms with E-state index in [1.165, 1.54) is 5.56 Å². The molecule has 1 aromatic rings. The first kappa shape index (κ1) is 14.7. The number of rotatable bonds is 5. The van der Waals surface area contributed by atoms with E-state index < -0.39 is 0 Å². The Labute approximate surface area is 121 Å². The monoisotopic (exact) mass is 279 g/mol. The molecule has 0 amide bonds. The van der Waals surface area contributed by atoms with Crippen molar-refractivity contribution >= 4 is 11.8 Å². The van der Waals surface area contributed by atoms with Crippen LogP contribution in [0.15, 0.2) is 24.3 Å². The number of benzene rings is 1. The molecule has 2 nitrogen and oxygen atoms in total. The number of thioether (sulfide) groups is 1. The quantitative estimate of drug-likeness (QED) is 0.884. The SMILES string of the molecule is CCNC1c2ccccc2OCC1SC(C)C(C)C. The van der Waals surface area contributed by atoms with Crippen molar-refractivity contribution in [3.63, 3.8) is 0 Å². The first-order chi connectivity index (χ1) is 9.13. The fourth-order valence-electron chi connectivity index (χ4n) is 2.35. The fraction of sp³-hybridized carbons (Fsp3) is 0.625. The van der Waals surface area contributed by atoms with E-state index in [1.807, 2.05) is 6.07 Å². The first-order valence-corrected chi connectivity index (χ1v) is 8.18. The molecule has 0 fully saturated rings. The van der Waals surface area contributed by atoms with Crippen LogP contribution in [0, 0.1) is 5.92 Å². The van der Waals surface area contributed by atoms with Crippen LogP contribution in [0.2, 0.25) is 0 Å². The summed E-state index contributed by atoms with van der Waals surface area (Å²) in [5.41, 5.74) is 1.31. The second-order valence-electron chi connectivity index (χ2n) is 5.51. The summed E-state index contributed by atoms with van der Waals surface area (Å²) in [4.78, 5) is 0. The molecule has 0 saturated heterocycles. The van der Waals surface area contributed by atoms with Crippen LogP contribution >= 0.6 is 11.8 Å². The van der Waals surface area contributed by atoms with Gasteiger partial charge in [-0.2, -0.15) is 0 Å². The minimum Gasteiger partial charge on any atom is -0.492 e. The van der Waals surface area contributed by atoms with Crippen molar-refractivity contribution in [2.75, 3.05) is 13.2 Å². The van der Waals surface area contributed by atoms with Crippen molar-refractivity contribution < 1.29 is 4.74 Å².